The first-order valence-electron chi connectivity index (χ1n) is 5.96. The predicted molar refractivity (Wildman–Crippen MR) is 73.3 cm³/mol. The smallest absolute Gasteiger partial charge is 0.340 e. The van der Waals surface area contributed by atoms with Crippen LogP contribution >= 0.6 is 15.9 Å². The van der Waals surface area contributed by atoms with E-state index >= 15 is 0 Å². The first-order valence-corrected chi connectivity index (χ1v) is 6.75. The Morgan fingerprint density at radius 1 is 1.38 bits per heavy atom. The number of esters is 1. The van der Waals surface area contributed by atoms with Crippen LogP contribution in [-0.4, -0.2) is 30.1 Å². The minimum absolute atomic E-state index is 0.00807. The number of rotatable bonds is 4. The molecule has 21 heavy (non-hydrogen) atoms. The van der Waals surface area contributed by atoms with Crippen LogP contribution in [-0.2, 0) is 14.3 Å². The Bertz CT molecular complexity index is 633. The predicted octanol–water partition coefficient (Wildman–Crippen LogP) is 2.03. The number of carbonyl (C=O) groups excluding carboxylic acids is 2. The van der Waals surface area contributed by atoms with Crippen molar-refractivity contribution in [1.82, 2.24) is 0 Å². The van der Waals surface area contributed by atoms with Gasteiger partial charge in [-0.25, -0.2) is 9.18 Å². The van der Waals surface area contributed by atoms with E-state index in [4.69, 9.17) is 5.11 Å². The van der Waals surface area contributed by atoms with Crippen molar-refractivity contribution >= 4 is 39.5 Å². The van der Waals surface area contributed by atoms with Gasteiger partial charge in [0.25, 0.3) is 0 Å². The average molecular weight is 360 g/mol. The zero-order valence-corrected chi connectivity index (χ0v) is 12.4. The summed E-state index contributed by atoms with van der Waals surface area (Å²) in [7, 11) is 1.11. The van der Waals surface area contributed by atoms with E-state index in [1.165, 1.54) is 6.07 Å². The van der Waals surface area contributed by atoms with Crippen molar-refractivity contribution in [1.29, 1.82) is 0 Å². The lowest BCUT2D eigenvalue weighted by atomic mass is 10.2. The SMILES string of the molecule is COC(=O)c1cc(NC(=O)[C@@H]2C[C@H]2C(=O)O)cc(Br)c1F. The fraction of sp³-hybridized carbons (Fsp3) is 0.308. The van der Waals surface area contributed by atoms with E-state index in [9.17, 15) is 18.8 Å². The number of anilines is 1. The van der Waals surface area contributed by atoms with Gasteiger partial charge < -0.3 is 15.2 Å². The molecule has 112 valence electrons. The van der Waals surface area contributed by atoms with Gasteiger partial charge >= 0.3 is 11.9 Å². The Hall–Kier alpha value is -1.96. The van der Waals surface area contributed by atoms with E-state index in [0.717, 1.165) is 13.2 Å². The summed E-state index contributed by atoms with van der Waals surface area (Å²) in [4.78, 5) is 34.0. The number of ether oxygens (including phenoxy) is 1. The number of carboxylic acid groups (broad SMARTS) is 1. The molecule has 1 aromatic carbocycles. The summed E-state index contributed by atoms with van der Waals surface area (Å²) in [6.07, 6.45) is 0.271. The molecule has 0 saturated heterocycles. The third-order valence-electron chi connectivity index (χ3n) is 3.15. The lowest BCUT2D eigenvalue weighted by Crippen LogP contribution is -2.17. The first-order chi connectivity index (χ1) is 9.85. The fourth-order valence-electron chi connectivity index (χ4n) is 1.91. The lowest BCUT2D eigenvalue weighted by Gasteiger charge is -2.09. The molecule has 1 saturated carbocycles. The highest BCUT2D eigenvalue weighted by Gasteiger charge is 2.48. The molecule has 1 amide bonds. The molecule has 1 fully saturated rings. The second-order valence-electron chi connectivity index (χ2n) is 4.59. The Morgan fingerprint density at radius 2 is 2.05 bits per heavy atom. The van der Waals surface area contributed by atoms with Crippen molar-refractivity contribution in [2.75, 3.05) is 12.4 Å². The number of aliphatic carboxylic acids is 1. The molecule has 0 aromatic heterocycles. The maximum Gasteiger partial charge on any atom is 0.340 e. The lowest BCUT2D eigenvalue weighted by molar-refractivity contribution is -0.139. The van der Waals surface area contributed by atoms with E-state index in [-0.39, 0.29) is 22.1 Å². The minimum atomic E-state index is -1.02. The maximum absolute atomic E-state index is 13.8. The Morgan fingerprint density at radius 3 is 2.57 bits per heavy atom. The zero-order chi connectivity index (χ0) is 15.7. The van der Waals surface area contributed by atoms with Crippen molar-refractivity contribution in [3.8, 4) is 0 Å². The molecule has 1 aromatic rings. The van der Waals surface area contributed by atoms with Gasteiger partial charge in [-0.2, -0.15) is 0 Å². The molecule has 6 nitrogen and oxygen atoms in total. The maximum atomic E-state index is 13.8. The van der Waals surface area contributed by atoms with E-state index in [1.54, 1.807) is 0 Å². The summed E-state index contributed by atoms with van der Waals surface area (Å²) >= 11 is 2.94. The number of carboxylic acids is 1. The molecular formula is C13H11BrFNO5. The Balaban J connectivity index is 2.18. The van der Waals surface area contributed by atoms with Crippen molar-refractivity contribution < 1.29 is 28.6 Å². The molecule has 0 bridgehead atoms. The summed E-state index contributed by atoms with van der Waals surface area (Å²) in [6.45, 7) is 0. The molecule has 1 aliphatic rings. The van der Waals surface area contributed by atoms with Crippen LogP contribution in [0.25, 0.3) is 0 Å². The number of hydrogen-bond acceptors (Lipinski definition) is 4. The van der Waals surface area contributed by atoms with Gasteiger partial charge in [-0.1, -0.05) is 0 Å². The number of halogens is 2. The van der Waals surface area contributed by atoms with Crippen LogP contribution in [0.2, 0.25) is 0 Å². The molecule has 1 aliphatic carbocycles. The molecule has 0 aliphatic heterocycles. The second kappa shape index (κ2) is 5.80. The molecule has 2 atom stereocenters. The largest absolute Gasteiger partial charge is 0.481 e. The third kappa shape index (κ3) is 3.21. The topological polar surface area (TPSA) is 92.7 Å². The summed E-state index contributed by atoms with van der Waals surface area (Å²) in [5, 5.41) is 11.2. The summed E-state index contributed by atoms with van der Waals surface area (Å²) in [6, 6.07) is 2.43. The number of amides is 1. The van der Waals surface area contributed by atoms with Gasteiger partial charge in [0.1, 0.15) is 0 Å². The average Bonchev–Trinajstić information content (AvgIpc) is 3.22. The van der Waals surface area contributed by atoms with Crippen LogP contribution in [0.5, 0.6) is 0 Å². The van der Waals surface area contributed by atoms with Crippen LogP contribution in [0, 0.1) is 17.7 Å². The summed E-state index contributed by atoms with van der Waals surface area (Å²) in [5.74, 6) is -4.46. The molecule has 0 unspecified atom stereocenters. The third-order valence-corrected chi connectivity index (χ3v) is 3.72. The second-order valence-corrected chi connectivity index (χ2v) is 5.44. The number of carbonyl (C=O) groups is 3. The number of benzene rings is 1. The highest BCUT2D eigenvalue weighted by atomic mass is 79.9. The number of nitrogens with one attached hydrogen (secondary N) is 1. The van der Waals surface area contributed by atoms with E-state index in [0.29, 0.717) is 0 Å². The monoisotopic (exact) mass is 359 g/mol. The van der Waals surface area contributed by atoms with Crippen LogP contribution in [0.15, 0.2) is 16.6 Å². The number of methoxy groups -OCH3 is 1. The van der Waals surface area contributed by atoms with E-state index < -0.39 is 35.5 Å². The molecule has 0 heterocycles. The first kappa shape index (κ1) is 15.4. The van der Waals surface area contributed by atoms with Crippen LogP contribution in [0.4, 0.5) is 10.1 Å². The van der Waals surface area contributed by atoms with Gasteiger partial charge in [-0.05, 0) is 34.5 Å². The molecule has 2 rings (SSSR count). The van der Waals surface area contributed by atoms with Gasteiger partial charge in [-0.15, -0.1) is 0 Å². The molecule has 0 spiro atoms. The van der Waals surface area contributed by atoms with Gasteiger partial charge in [-0.3, -0.25) is 9.59 Å². The van der Waals surface area contributed by atoms with Gasteiger partial charge in [0.05, 0.1) is 29.0 Å². The van der Waals surface area contributed by atoms with Crippen molar-refractivity contribution in [2.24, 2.45) is 11.8 Å². The Kier molecular flexibility index (Phi) is 4.26. The summed E-state index contributed by atoms with van der Waals surface area (Å²) < 4.78 is 18.2. The van der Waals surface area contributed by atoms with Crippen molar-refractivity contribution in [3.63, 3.8) is 0 Å². The van der Waals surface area contributed by atoms with Crippen LogP contribution in [0.3, 0.4) is 0 Å². The van der Waals surface area contributed by atoms with Gasteiger partial charge in [0, 0.05) is 5.69 Å². The molecule has 0 radical (unpaired) electrons. The molecule has 2 N–H and O–H groups in total. The van der Waals surface area contributed by atoms with Crippen LogP contribution < -0.4 is 5.32 Å². The van der Waals surface area contributed by atoms with Crippen molar-refractivity contribution in [2.45, 2.75) is 6.42 Å². The quantitative estimate of drug-likeness (QED) is 0.802. The highest BCUT2D eigenvalue weighted by Crippen LogP contribution is 2.39. The van der Waals surface area contributed by atoms with Gasteiger partial charge in [0.15, 0.2) is 5.82 Å². The van der Waals surface area contributed by atoms with Crippen LogP contribution in [0.1, 0.15) is 16.8 Å². The van der Waals surface area contributed by atoms with Crippen molar-refractivity contribution in [3.05, 3.63) is 28.0 Å². The molecule has 8 heteroatoms. The standard InChI is InChI=1S/C13H11BrFNO5/c1-21-13(20)8-2-5(3-9(14)10(8)15)16-11(17)6-4-7(6)12(18)19/h2-3,6-7H,4H2,1H3,(H,16,17)(H,18,19)/t6-,7-/m1/s1. The normalized spacial score (nSPS) is 19.8. The highest BCUT2D eigenvalue weighted by molar-refractivity contribution is 9.10. The van der Waals surface area contributed by atoms with Gasteiger partial charge in [0.2, 0.25) is 5.91 Å². The summed E-state index contributed by atoms with van der Waals surface area (Å²) in [5.41, 5.74) is -0.141. The van der Waals surface area contributed by atoms with E-state index in [2.05, 4.69) is 26.0 Å². The fourth-order valence-corrected chi connectivity index (χ4v) is 2.37. The zero-order valence-electron chi connectivity index (χ0n) is 10.9. The minimum Gasteiger partial charge on any atom is -0.481 e. The Labute approximate surface area is 127 Å². The van der Waals surface area contributed by atoms with E-state index in [1.807, 2.05) is 0 Å². The molecular weight excluding hydrogens is 349 g/mol. The number of hydrogen-bond donors (Lipinski definition) is 2.